The normalized spacial score (nSPS) is 22.4. The molecule has 6 rings (SSSR count). The number of anilines is 1. The summed E-state index contributed by atoms with van der Waals surface area (Å²) in [5.41, 5.74) is 6.92. The molecule has 0 aliphatic carbocycles. The fourth-order valence-corrected chi connectivity index (χ4v) is 7.46. The molecule has 45 heavy (non-hydrogen) atoms. The SMILES string of the molecule is CO[C@@H]1CN(c2cccc(-c3cccc(C)c3OCc3ccc4c(c3)C(C)(C)CN(C3CCOCC3)CC4)n2)CC[C@@H]1C(=O)O. The predicted octanol–water partition coefficient (Wildman–Crippen LogP) is 5.88. The number of aromatic nitrogens is 1. The summed E-state index contributed by atoms with van der Waals surface area (Å²) in [6, 6.07) is 19.7. The van der Waals surface area contributed by atoms with Crippen molar-refractivity contribution in [3.63, 3.8) is 0 Å². The van der Waals surface area contributed by atoms with Crippen LogP contribution in [0.1, 0.15) is 55.4 Å². The fraction of sp³-hybridized carbons (Fsp3) is 0.514. The number of fused-ring (bicyclic) bond motifs is 1. The van der Waals surface area contributed by atoms with Gasteiger partial charge in [-0.1, -0.05) is 50.2 Å². The van der Waals surface area contributed by atoms with Crippen molar-refractivity contribution in [2.24, 2.45) is 5.92 Å². The number of carbonyl (C=O) groups is 1. The number of aliphatic carboxylic acids is 1. The number of piperidine rings is 1. The molecule has 3 aliphatic heterocycles. The first kappa shape index (κ1) is 31.5. The average molecular weight is 614 g/mol. The number of para-hydroxylation sites is 1. The van der Waals surface area contributed by atoms with Crippen molar-refractivity contribution >= 4 is 11.8 Å². The van der Waals surface area contributed by atoms with E-state index in [9.17, 15) is 9.90 Å². The molecule has 1 aromatic heterocycles. The van der Waals surface area contributed by atoms with Crippen molar-refractivity contribution in [2.45, 2.75) is 70.6 Å². The number of ether oxygens (including phenoxy) is 3. The molecule has 8 nitrogen and oxygen atoms in total. The lowest BCUT2D eigenvalue weighted by Crippen LogP contribution is -2.47. The lowest BCUT2D eigenvalue weighted by Gasteiger charge is -2.38. The van der Waals surface area contributed by atoms with Crippen LogP contribution in [0.3, 0.4) is 0 Å². The molecule has 3 aliphatic rings. The van der Waals surface area contributed by atoms with Crippen LogP contribution in [0.25, 0.3) is 11.3 Å². The van der Waals surface area contributed by atoms with E-state index in [1.54, 1.807) is 7.11 Å². The molecular formula is C37H47N3O5. The summed E-state index contributed by atoms with van der Waals surface area (Å²) in [7, 11) is 1.58. The Morgan fingerprint density at radius 1 is 1.07 bits per heavy atom. The van der Waals surface area contributed by atoms with Crippen molar-refractivity contribution in [3.05, 3.63) is 76.9 Å². The topological polar surface area (TPSA) is 84.4 Å². The number of nitrogens with zero attached hydrogens (tertiary/aromatic N) is 3. The van der Waals surface area contributed by atoms with Gasteiger partial charge < -0.3 is 24.2 Å². The highest BCUT2D eigenvalue weighted by atomic mass is 16.5. The molecule has 2 aromatic carbocycles. The second-order valence-corrected chi connectivity index (χ2v) is 13.5. The molecule has 0 radical (unpaired) electrons. The highest BCUT2D eigenvalue weighted by Crippen LogP contribution is 2.36. The number of hydrogen-bond donors (Lipinski definition) is 1. The molecule has 0 unspecified atom stereocenters. The van der Waals surface area contributed by atoms with Gasteiger partial charge in [0.25, 0.3) is 0 Å². The molecule has 0 spiro atoms. The quantitative estimate of drug-likeness (QED) is 0.338. The number of benzene rings is 2. The maximum Gasteiger partial charge on any atom is 0.309 e. The van der Waals surface area contributed by atoms with Crippen LogP contribution in [-0.4, -0.2) is 79.6 Å². The molecule has 0 saturated carbocycles. The van der Waals surface area contributed by atoms with E-state index in [0.717, 1.165) is 74.0 Å². The van der Waals surface area contributed by atoms with Gasteiger partial charge in [-0.2, -0.15) is 0 Å². The first-order valence-corrected chi connectivity index (χ1v) is 16.4. The fourth-order valence-electron chi connectivity index (χ4n) is 7.46. The van der Waals surface area contributed by atoms with Gasteiger partial charge in [-0.25, -0.2) is 4.98 Å². The van der Waals surface area contributed by atoms with E-state index in [0.29, 0.717) is 32.2 Å². The lowest BCUT2D eigenvalue weighted by atomic mass is 9.80. The second-order valence-electron chi connectivity index (χ2n) is 13.5. The van der Waals surface area contributed by atoms with Crippen LogP contribution in [-0.2, 0) is 32.7 Å². The molecule has 2 saturated heterocycles. The minimum atomic E-state index is -0.806. The van der Waals surface area contributed by atoms with Crippen molar-refractivity contribution in [1.82, 2.24) is 9.88 Å². The number of carboxylic acid groups (broad SMARTS) is 1. The Balaban J connectivity index is 1.20. The van der Waals surface area contributed by atoms with Gasteiger partial charge in [0, 0.05) is 63.5 Å². The number of carboxylic acids is 1. The summed E-state index contributed by atoms with van der Waals surface area (Å²) in [5, 5.41) is 9.60. The van der Waals surface area contributed by atoms with Crippen molar-refractivity contribution in [2.75, 3.05) is 51.4 Å². The van der Waals surface area contributed by atoms with Crippen molar-refractivity contribution < 1.29 is 24.1 Å². The standard InChI is InChI=1S/C37H47N3O5/c1-25-7-5-8-29(32-9-6-10-34(38-32)39-18-14-30(36(41)42)33(22-39)43-4)35(25)45-23-26-11-12-27-13-17-40(28-15-19-44-20-16-28)24-37(2,3)31(27)21-26/h5-12,21,28,30,33H,13-20,22-24H2,1-4H3,(H,41,42)/t30-,33+/m0/s1. The summed E-state index contributed by atoms with van der Waals surface area (Å²) in [6.07, 6.45) is 3.46. The Morgan fingerprint density at radius 2 is 1.87 bits per heavy atom. The average Bonchev–Trinajstić information content (AvgIpc) is 3.19. The maximum atomic E-state index is 11.7. The summed E-state index contributed by atoms with van der Waals surface area (Å²) in [4.78, 5) is 21.5. The molecule has 8 heteroatoms. The van der Waals surface area contributed by atoms with Crippen LogP contribution in [0.4, 0.5) is 5.82 Å². The summed E-state index contributed by atoms with van der Waals surface area (Å²) < 4.78 is 17.8. The van der Waals surface area contributed by atoms with Crippen LogP contribution >= 0.6 is 0 Å². The van der Waals surface area contributed by atoms with Crippen molar-refractivity contribution in [3.8, 4) is 17.0 Å². The van der Waals surface area contributed by atoms with Gasteiger partial charge in [0.15, 0.2) is 0 Å². The van der Waals surface area contributed by atoms with E-state index in [2.05, 4.69) is 60.9 Å². The first-order chi connectivity index (χ1) is 21.7. The number of rotatable bonds is 8. The van der Waals surface area contributed by atoms with Gasteiger partial charge in [-0.05, 0) is 73.1 Å². The van der Waals surface area contributed by atoms with Gasteiger partial charge in [0.2, 0.25) is 0 Å². The Labute approximate surface area is 267 Å². The number of hydrogen-bond acceptors (Lipinski definition) is 7. The smallest absolute Gasteiger partial charge is 0.309 e. The van der Waals surface area contributed by atoms with E-state index in [-0.39, 0.29) is 11.5 Å². The molecule has 0 bridgehead atoms. The zero-order chi connectivity index (χ0) is 31.6. The summed E-state index contributed by atoms with van der Waals surface area (Å²) in [5.74, 6) is 0.338. The predicted molar refractivity (Wildman–Crippen MR) is 176 cm³/mol. The second kappa shape index (κ2) is 13.5. The molecule has 2 fully saturated rings. The number of aryl methyl sites for hydroxylation is 1. The van der Waals surface area contributed by atoms with Gasteiger partial charge in [-0.15, -0.1) is 0 Å². The van der Waals surface area contributed by atoms with Crippen LogP contribution in [0.15, 0.2) is 54.6 Å². The third-order valence-electron chi connectivity index (χ3n) is 9.99. The Morgan fingerprint density at radius 3 is 2.64 bits per heavy atom. The number of pyridine rings is 1. The monoisotopic (exact) mass is 613 g/mol. The Hall–Kier alpha value is -3.46. The highest BCUT2D eigenvalue weighted by molar-refractivity contribution is 5.72. The van der Waals surface area contributed by atoms with E-state index in [1.165, 1.54) is 16.7 Å². The van der Waals surface area contributed by atoms with Crippen LogP contribution in [0.2, 0.25) is 0 Å². The van der Waals surface area contributed by atoms with Crippen LogP contribution < -0.4 is 9.64 Å². The van der Waals surface area contributed by atoms with Gasteiger partial charge in [-0.3, -0.25) is 9.69 Å². The lowest BCUT2D eigenvalue weighted by molar-refractivity contribution is -0.147. The van der Waals surface area contributed by atoms with E-state index < -0.39 is 11.9 Å². The van der Waals surface area contributed by atoms with Crippen molar-refractivity contribution in [1.29, 1.82) is 0 Å². The van der Waals surface area contributed by atoms with Gasteiger partial charge in [0.05, 0.1) is 17.7 Å². The molecule has 1 N–H and O–H groups in total. The molecule has 2 atom stereocenters. The van der Waals surface area contributed by atoms with Crippen LogP contribution in [0.5, 0.6) is 5.75 Å². The first-order valence-electron chi connectivity index (χ1n) is 16.4. The maximum absolute atomic E-state index is 11.7. The van der Waals surface area contributed by atoms with Gasteiger partial charge >= 0.3 is 5.97 Å². The summed E-state index contributed by atoms with van der Waals surface area (Å²) in [6.45, 7) is 12.3. The minimum Gasteiger partial charge on any atom is -0.488 e. The van der Waals surface area contributed by atoms with E-state index >= 15 is 0 Å². The zero-order valence-electron chi connectivity index (χ0n) is 27.1. The van der Waals surface area contributed by atoms with E-state index in [4.69, 9.17) is 19.2 Å². The minimum absolute atomic E-state index is 0.0408. The highest BCUT2D eigenvalue weighted by Gasteiger charge is 2.35. The zero-order valence-corrected chi connectivity index (χ0v) is 27.1. The molecule has 0 amide bonds. The number of methoxy groups -OCH3 is 1. The van der Waals surface area contributed by atoms with Crippen LogP contribution in [0, 0.1) is 12.8 Å². The third kappa shape index (κ3) is 6.88. The third-order valence-corrected chi connectivity index (χ3v) is 9.99. The van der Waals surface area contributed by atoms with Gasteiger partial charge in [0.1, 0.15) is 18.2 Å². The van der Waals surface area contributed by atoms with E-state index in [1.807, 2.05) is 24.3 Å². The molecule has 240 valence electrons. The summed E-state index contributed by atoms with van der Waals surface area (Å²) >= 11 is 0. The Kier molecular flexibility index (Phi) is 9.45. The molecular weight excluding hydrogens is 566 g/mol. The molecule has 4 heterocycles. The largest absolute Gasteiger partial charge is 0.488 e. The molecule has 3 aromatic rings. The Bertz CT molecular complexity index is 1500.